The Morgan fingerprint density at radius 3 is 2.75 bits per heavy atom. The van der Waals surface area contributed by atoms with Gasteiger partial charge < -0.3 is 5.11 Å². The fourth-order valence-corrected chi connectivity index (χ4v) is 2.91. The summed E-state index contributed by atoms with van der Waals surface area (Å²) in [5, 5.41) is 10.3. The lowest BCUT2D eigenvalue weighted by molar-refractivity contribution is 0.132. The second kappa shape index (κ2) is 4.58. The van der Waals surface area contributed by atoms with E-state index in [2.05, 4.69) is 39.0 Å². The molecule has 2 atom stereocenters. The van der Waals surface area contributed by atoms with Gasteiger partial charge in [0.05, 0.1) is 6.10 Å². The lowest BCUT2D eigenvalue weighted by Gasteiger charge is -2.21. The zero-order valence-electron chi connectivity index (χ0n) is 10.5. The maximum Gasteiger partial charge on any atom is 0.0798 e. The predicted octanol–water partition coefficient (Wildman–Crippen LogP) is 3.64. The van der Waals surface area contributed by atoms with E-state index in [0.717, 1.165) is 12.8 Å². The van der Waals surface area contributed by atoms with Crippen LogP contribution in [0.4, 0.5) is 0 Å². The molecule has 1 aromatic rings. The molecule has 2 rings (SSSR count). The molecular weight excluding hydrogens is 196 g/mol. The van der Waals surface area contributed by atoms with E-state index in [4.69, 9.17) is 0 Å². The van der Waals surface area contributed by atoms with Crippen LogP contribution in [-0.4, -0.2) is 5.11 Å². The summed E-state index contributed by atoms with van der Waals surface area (Å²) in [6.07, 6.45) is 3.00. The average molecular weight is 218 g/mol. The van der Waals surface area contributed by atoms with Crippen LogP contribution in [0.3, 0.4) is 0 Å². The van der Waals surface area contributed by atoms with Gasteiger partial charge in [0.1, 0.15) is 0 Å². The topological polar surface area (TPSA) is 20.2 Å². The van der Waals surface area contributed by atoms with Crippen LogP contribution in [0.25, 0.3) is 0 Å². The molecule has 2 unspecified atom stereocenters. The molecule has 0 fully saturated rings. The first-order valence-electron chi connectivity index (χ1n) is 6.36. The van der Waals surface area contributed by atoms with E-state index in [1.807, 2.05) is 0 Å². The minimum Gasteiger partial charge on any atom is -0.388 e. The van der Waals surface area contributed by atoms with Gasteiger partial charge in [0, 0.05) is 0 Å². The van der Waals surface area contributed by atoms with Crippen LogP contribution in [0.2, 0.25) is 0 Å². The molecule has 0 aliphatic heterocycles. The highest BCUT2D eigenvalue weighted by atomic mass is 16.3. The maximum atomic E-state index is 10.3. The molecule has 88 valence electrons. The van der Waals surface area contributed by atoms with E-state index in [9.17, 15) is 5.11 Å². The second-order valence-electron chi connectivity index (χ2n) is 5.44. The highest BCUT2D eigenvalue weighted by molar-refractivity contribution is 5.37. The zero-order chi connectivity index (χ0) is 11.7. The van der Waals surface area contributed by atoms with Crippen molar-refractivity contribution in [2.24, 2.45) is 11.8 Å². The van der Waals surface area contributed by atoms with Gasteiger partial charge in [-0.05, 0) is 54.7 Å². The Morgan fingerprint density at radius 1 is 1.31 bits per heavy atom. The largest absolute Gasteiger partial charge is 0.388 e. The van der Waals surface area contributed by atoms with E-state index in [-0.39, 0.29) is 6.10 Å². The minimum atomic E-state index is -0.258. The van der Waals surface area contributed by atoms with Crippen molar-refractivity contribution in [2.45, 2.75) is 46.1 Å². The number of benzene rings is 1. The molecule has 0 radical (unpaired) electrons. The molecule has 0 bridgehead atoms. The minimum absolute atomic E-state index is 0.258. The Hall–Kier alpha value is -0.820. The van der Waals surface area contributed by atoms with Crippen molar-refractivity contribution < 1.29 is 5.11 Å². The Labute approximate surface area is 98.5 Å². The van der Waals surface area contributed by atoms with Crippen LogP contribution >= 0.6 is 0 Å². The van der Waals surface area contributed by atoms with Crippen LogP contribution in [0.1, 0.15) is 49.5 Å². The van der Waals surface area contributed by atoms with Gasteiger partial charge in [0.2, 0.25) is 0 Å². The standard InChI is InChI=1S/C15H22O/c1-10(2)13-8-7-12-6-4-5-11(3)15(12)14(16)9-13/h4-6,10,13-14,16H,7-9H2,1-3H3. The summed E-state index contributed by atoms with van der Waals surface area (Å²) in [5.41, 5.74) is 3.80. The number of rotatable bonds is 1. The number of aryl methyl sites for hydroxylation is 2. The summed E-state index contributed by atoms with van der Waals surface area (Å²) >= 11 is 0. The predicted molar refractivity (Wildman–Crippen MR) is 67.4 cm³/mol. The fraction of sp³-hybridized carbons (Fsp3) is 0.600. The lowest BCUT2D eigenvalue weighted by atomic mass is 9.87. The molecule has 0 saturated heterocycles. The summed E-state index contributed by atoms with van der Waals surface area (Å²) in [6.45, 7) is 6.64. The van der Waals surface area contributed by atoms with Crippen LogP contribution in [0, 0.1) is 18.8 Å². The van der Waals surface area contributed by atoms with Crippen molar-refractivity contribution in [1.82, 2.24) is 0 Å². The van der Waals surface area contributed by atoms with Crippen LogP contribution in [0.5, 0.6) is 0 Å². The summed E-state index contributed by atoms with van der Waals surface area (Å²) in [6, 6.07) is 6.39. The van der Waals surface area contributed by atoms with Gasteiger partial charge in [-0.2, -0.15) is 0 Å². The van der Waals surface area contributed by atoms with E-state index >= 15 is 0 Å². The Morgan fingerprint density at radius 2 is 2.06 bits per heavy atom. The molecule has 1 nitrogen and oxygen atoms in total. The third kappa shape index (κ3) is 2.15. The molecule has 0 spiro atoms. The molecule has 0 aromatic heterocycles. The Kier molecular flexibility index (Phi) is 3.34. The van der Waals surface area contributed by atoms with Crippen molar-refractivity contribution in [3.05, 3.63) is 34.9 Å². The molecule has 1 aliphatic carbocycles. The van der Waals surface area contributed by atoms with E-state index in [1.54, 1.807) is 0 Å². The fourth-order valence-electron chi connectivity index (χ4n) is 2.91. The molecule has 0 heterocycles. The monoisotopic (exact) mass is 218 g/mol. The smallest absolute Gasteiger partial charge is 0.0798 e. The van der Waals surface area contributed by atoms with Crippen molar-refractivity contribution in [2.75, 3.05) is 0 Å². The lowest BCUT2D eigenvalue weighted by Crippen LogP contribution is -2.11. The first-order valence-corrected chi connectivity index (χ1v) is 6.36. The van der Waals surface area contributed by atoms with Crippen LogP contribution < -0.4 is 0 Å². The van der Waals surface area contributed by atoms with Gasteiger partial charge in [-0.15, -0.1) is 0 Å². The molecule has 0 amide bonds. The van der Waals surface area contributed by atoms with Gasteiger partial charge in [0.15, 0.2) is 0 Å². The highest BCUT2D eigenvalue weighted by Gasteiger charge is 2.25. The van der Waals surface area contributed by atoms with E-state index in [1.165, 1.54) is 23.1 Å². The van der Waals surface area contributed by atoms with Crippen molar-refractivity contribution in [3.63, 3.8) is 0 Å². The molecular formula is C15H22O. The highest BCUT2D eigenvalue weighted by Crippen LogP contribution is 2.36. The summed E-state index contributed by atoms with van der Waals surface area (Å²) in [4.78, 5) is 0. The van der Waals surface area contributed by atoms with Gasteiger partial charge in [-0.25, -0.2) is 0 Å². The third-order valence-corrected chi connectivity index (χ3v) is 4.00. The summed E-state index contributed by atoms with van der Waals surface area (Å²) < 4.78 is 0. The summed E-state index contributed by atoms with van der Waals surface area (Å²) in [7, 11) is 0. The number of aliphatic hydroxyl groups excluding tert-OH is 1. The van der Waals surface area contributed by atoms with E-state index in [0.29, 0.717) is 11.8 Å². The van der Waals surface area contributed by atoms with Crippen molar-refractivity contribution >= 4 is 0 Å². The molecule has 1 aromatic carbocycles. The molecule has 16 heavy (non-hydrogen) atoms. The first-order chi connectivity index (χ1) is 7.59. The molecule has 1 aliphatic rings. The zero-order valence-corrected chi connectivity index (χ0v) is 10.5. The average Bonchev–Trinajstić information content (AvgIpc) is 2.39. The third-order valence-electron chi connectivity index (χ3n) is 4.00. The van der Waals surface area contributed by atoms with Crippen LogP contribution in [-0.2, 0) is 6.42 Å². The Balaban J connectivity index is 2.32. The van der Waals surface area contributed by atoms with Crippen LogP contribution in [0.15, 0.2) is 18.2 Å². The van der Waals surface area contributed by atoms with Gasteiger partial charge >= 0.3 is 0 Å². The molecule has 0 saturated carbocycles. The Bertz CT molecular complexity index is 368. The number of aliphatic hydroxyl groups is 1. The number of hydrogen-bond acceptors (Lipinski definition) is 1. The van der Waals surface area contributed by atoms with E-state index < -0.39 is 0 Å². The summed E-state index contributed by atoms with van der Waals surface area (Å²) in [5.74, 6) is 1.33. The second-order valence-corrected chi connectivity index (χ2v) is 5.44. The number of hydrogen-bond donors (Lipinski definition) is 1. The quantitative estimate of drug-likeness (QED) is 0.714. The van der Waals surface area contributed by atoms with Crippen molar-refractivity contribution in [3.8, 4) is 0 Å². The first kappa shape index (κ1) is 11.7. The molecule has 1 heteroatoms. The van der Waals surface area contributed by atoms with Gasteiger partial charge in [-0.3, -0.25) is 0 Å². The normalized spacial score (nSPS) is 25.3. The van der Waals surface area contributed by atoms with Gasteiger partial charge in [0.25, 0.3) is 0 Å². The van der Waals surface area contributed by atoms with Crippen molar-refractivity contribution in [1.29, 1.82) is 0 Å². The maximum absolute atomic E-state index is 10.3. The molecule has 1 N–H and O–H groups in total. The van der Waals surface area contributed by atoms with Gasteiger partial charge in [-0.1, -0.05) is 32.0 Å². The SMILES string of the molecule is Cc1cccc2c1C(O)CC(C(C)C)CC2. The number of fused-ring (bicyclic) bond motifs is 1.